The number of piperidine rings is 1. The molecule has 16 heteroatoms. The van der Waals surface area contributed by atoms with Gasteiger partial charge in [0.15, 0.2) is 0 Å². The Bertz CT molecular complexity index is 2430. The lowest BCUT2D eigenvalue weighted by molar-refractivity contribution is -0.136. The van der Waals surface area contributed by atoms with Crippen LogP contribution in [-0.4, -0.2) is 93.1 Å². The Morgan fingerprint density at radius 3 is 2.51 bits per heavy atom. The summed E-state index contributed by atoms with van der Waals surface area (Å²) < 4.78 is 14.6. The van der Waals surface area contributed by atoms with Gasteiger partial charge < -0.3 is 25.9 Å². The van der Waals surface area contributed by atoms with E-state index in [0.717, 1.165) is 36.8 Å². The molecule has 3 aliphatic heterocycles. The van der Waals surface area contributed by atoms with Crippen LogP contribution in [0, 0.1) is 5.82 Å². The molecule has 3 aromatic carbocycles. The van der Waals surface area contributed by atoms with Gasteiger partial charge in [-0.1, -0.05) is 12.1 Å². The lowest BCUT2D eigenvalue weighted by Crippen LogP contribution is -2.54. The summed E-state index contributed by atoms with van der Waals surface area (Å²) in [6.45, 7) is 3.69. The van der Waals surface area contributed by atoms with Crippen LogP contribution in [0.4, 0.5) is 21.5 Å². The monoisotopic (exact) mass is 719 g/mol. The molecule has 0 bridgehead atoms. The number of amides is 5. The molecule has 270 valence electrons. The van der Waals surface area contributed by atoms with Crippen molar-refractivity contribution in [3.63, 3.8) is 0 Å². The first-order valence-corrected chi connectivity index (χ1v) is 17.3. The molecule has 0 radical (unpaired) electrons. The van der Waals surface area contributed by atoms with Crippen molar-refractivity contribution in [2.45, 2.75) is 31.7 Å². The van der Waals surface area contributed by atoms with E-state index in [1.165, 1.54) is 18.2 Å². The van der Waals surface area contributed by atoms with Crippen molar-refractivity contribution in [1.82, 2.24) is 30.1 Å². The van der Waals surface area contributed by atoms with Gasteiger partial charge in [0.25, 0.3) is 17.4 Å². The zero-order valence-electron chi connectivity index (χ0n) is 28.3. The number of carbonyl (C=O) groups is 5. The maximum absolute atomic E-state index is 14.6. The number of imide groups is 2. The number of imidazole rings is 1. The number of benzene rings is 3. The van der Waals surface area contributed by atoms with E-state index in [1.54, 1.807) is 18.2 Å². The Hall–Kier alpha value is -6.42. The number of anilines is 3. The number of fused-ring (bicyclic) bond motifs is 3. The first-order chi connectivity index (χ1) is 25.6. The van der Waals surface area contributed by atoms with Gasteiger partial charge in [0.05, 0.1) is 44.4 Å². The van der Waals surface area contributed by atoms with Crippen LogP contribution in [0.1, 0.15) is 46.4 Å². The van der Waals surface area contributed by atoms with E-state index in [9.17, 15) is 33.2 Å². The number of nitrogens with two attached hydrogens (primary N) is 1. The molecule has 2 fully saturated rings. The Morgan fingerprint density at radius 2 is 1.72 bits per heavy atom. The second kappa shape index (κ2) is 13.3. The number of nitrogen functional groups attached to an aromatic ring is 1. The lowest BCUT2D eigenvalue weighted by atomic mass is 10.0. The smallest absolute Gasteiger partial charge is 0.264 e. The van der Waals surface area contributed by atoms with Crippen molar-refractivity contribution in [3.05, 3.63) is 81.9 Å². The number of pyridine rings is 1. The number of halogens is 1. The maximum atomic E-state index is 14.6. The van der Waals surface area contributed by atoms with Gasteiger partial charge in [-0.2, -0.15) is 0 Å². The summed E-state index contributed by atoms with van der Waals surface area (Å²) in [4.78, 5) is 92.1. The van der Waals surface area contributed by atoms with Crippen LogP contribution >= 0.6 is 0 Å². The molecule has 0 aliphatic carbocycles. The first-order valence-electron chi connectivity index (χ1n) is 17.3. The van der Waals surface area contributed by atoms with Crippen molar-refractivity contribution in [3.8, 4) is 11.4 Å². The minimum atomic E-state index is -1.09. The Morgan fingerprint density at radius 1 is 0.925 bits per heavy atom. The van der Waals surface area contributed by atoms with Crippen LogP contribution < -0.4 is 26.8 Å². The average molecular weight is 720 g/mol. The standard InChI is InChI=1S/C37H34FN9O6/c38-21-5-2-7-24-30(21)32(39)31(35(51)43-24)33-41-22-10-9-19(18-25(22)42-33)46-16-14-45(15-17-46)13-3-8-27(48)40-23-6-1-4-20-29(23)37(53)47(36(20)52)26-11-12-28(49)44-34(26)50/h1-2,4-7,9-10,18,26H,3,8,11-17H2,(H,40,48)(H,41,42)(H3,39,43,51)(H,44,49,50). The fourth-order valence-corrected chi connectivity index (χ4v) is 7.41. The zero-order valence-corrected chi connectivity index (χ0v) is 28.3. The molecule has 5 amide bonds. The molecule has 3 aliphatic rings. The second-order valence-electron chi connectivity index (χ2n) is 13.3. The van der Waals surface area contributed by atoms with Gasteiger partial charge in [0, 0.05) is 44.7 Å². The highest BCUT2D eigenvalue weighted by atomic mass is 19.1. The summed E-state index contributed by atoms with van der Waals surface area (Å²) in [7, 11) is 0. The predicted octanol–water partition coefficient (Wildman–Crippen LogP) is 2.73. The highest BCUT2D eigenvalue weighted by Gasteiger charge is 2.45. The second-order valence-corrected chi connectivity index (χ2v) is 13.3. The van der Waals surface area contributed by atoms with Crippen molar-refractivity contribution in [1.29, 1.82) is 0 Å². The normalized spacial score (nSPS) is 17.9. The first kappa shape index (κ1) is 33.7. The molecule has 1 atom stereocenters. The number of aromatic amines is 2. The van der Waals surface area contributed by atoms with E-state index in [1.807, 2.05) is 18.2 Å². The molecule has 6 N–H and O–H groups in total. The van der Waals surface area contributed by atoms with E-state index in [-0.39, 0.29) is 64.4 Å². The van der Waals surface area contributed by atoms with Crippen LogP contribution in [0.2, 0.25) is 0 Å². The van der Waals surface area contributed by atoms with Gasteiger partial charge in [-0.15, -0.1) is 0 Å². The minimum absolute atomic E-state index is 0.0166. The summed E-state index contributed by atoms with van der Waals surface area (Å²) in [5, 5.41) is 5.08. The van der Waals surface area contributed by atoms with Gasteiger partial charge in [0.1, 0.15) is 23.2 Å². The molecule has 1 unspecified atom stereocenters. The van der Waals surface area contributed by atoms with Crippen molar-refractivity contribution in [2.75, 3.05) is 48.7 Å². The van der Waals surface area contributed by atoms with Crippen LogP contribution in [0.5, 0.6) is 0 Å². The molecule has 5 heterocycles. The number of H-pyrrole nitrogens is 2. The number of nitrogens with zero attached hydrogens (tertiary/aromatic N) is 4. The average Bonchev–Trinajstić information content (AvgIpc) is 3.66. The molecule has 15 nitrogen and oxygen atoms in total. The number of carbonyl (C=O) groups excluding carboxylic acids is 5. The van der Waals surface area contributed by atoms with E-state index >= 15 is 0 Å². The van der Waals surface area contributed by atoms with Gasteiger partial charge in [-0.05, 0) is 61.9 Å². The van der Waals surface area contributed by atoms with Gasteiger partial charge >= 0.3 is 0 Å². The summed E-state index contributed by atoms with van der Waals surface area (Å²) in [6.07, 6.45) is 0.823. The molecule has 8 rings (SSSR count). The minimum Gasteiger partial charge on any atom is -0.397 e. The fourth-order valence-electron chi connectivity index (χ4n) is 7.41. The molecule has 0 saturated carbocycles. The Labute approximate surface area is 300 Å². The summed E-state index contributed by atoms with van der Waals surface area (Å²) in [6, 6.07) is 13.7. The number of piperazine rings is 1. The van der Waals surface area contributed by atoms with Gasteiger partial charge in [-0.25, -0.2) is 9.37 Å². The van der Waals surface area contributed by atoms with Crippen LogP contribution in [0.3, 0.4) is 0 Å². The summed E-state index contributed by atoms with van der Waals surface area (Å²) >= 11 is 0. The SMILES string of the molecule is Nc1c(-c2nc3ccc(N4CCN(CCCC(=O)Nc5cccc6c5C(=O)N(C5CCC(=O)NC5=O)C6=O)CC4)cc3[nH]2)c(=O)[nH]c2cccc(F)c12. The van der Waals surface area contributed by atoms with Crippen molar-refractivity contribution < 1.29 is 28.4 Å². The quantitative estimate of drug-likeness (QED) is 0.148. The number of hydrogen-bond acceptors (Lipinski definition) is 10. The fraction of sp³-hybridized carbons (Fsp3) is 0.270. The molecular formula is C37H34FN9O6. The highest BCUT2D eigenvalue weighted by Crippen LogP contribution is 2.33. The van der Waals surface area contributed by atoms with Crippen molar-refractivity contribution >= 4 is 68.5 Å². The van der Waals surface area contributed by atoms with E-state index in [4.69, 9.17) is 5.73 Å². The topological polar surface area (TPSA) is 207 Å². The predicted molar refractivity (Wildman–Crippen MR) is 194 cm³/mol. The van der Waals surface area contributed by atoms with Crippen LogP contribution in [-0.2, 0) is 14.4 Å². The van der Waals surface area contributed by atoms with E-state index in [0.29, 0.717) is 29.5 Å². The number of hydrogen-bond donors (Lipinski definition) is 5. The third kappa shape index (κ3) is 6.05. The molecule has 2 aromatic heterocycles. The Kier molecular flexibility index (Phi) is 8.45. The Balaban J connectivity index is 0.859. The molecule has 5 aromatic rings. The summed E-state index contributed by atoms with van der Waals surface area (Å²) in [5.41, 5.74) is 8.88. The summed E-state index contributed by atoms with van der Waals surface area (Å²) in [5.74, 6) is -3.05. The van der Waals surface area contributed by atoms with Crippen LogP contribution in [0.25, 0.3) is 33.3 Å². The molecular weight excluding hydrogens is 685 g/mol. The third-order valence-corrected chi connectivity index (χ3v) is 10.1. The number of aromatic nitrogens is 3. The lowest BCUT2D eigenvalue weighted by Gasteiger charge is -2.36. The molecule has 0 spiro atoms. The largest absolute Gasteiger partial charge is 0.397 e. The highest BCUT2D eigenvalue weighted by molar-refractivity contribution is 6.26. The third-order valence-electron chi connectivity index (χ3n) is 10.1. The van der Waals surface area contributed by atoms with E-state index in [2.05, 4.69) is 35.4 Å². The number of nitrogens with one attached hydrogen (secondary N) is 4. The number of rotatable bonds is 8. The zero-order chi connectivity index (χ0) is 37.0. The van der Waals surface area contributed by atoms with Crippen LogP contribution in [0.15, 0.2) is 59.4 Å². The molecule has 2 saturated heterocycles. The van der Waals surface area contributed by atoms with E-state index < -0.39 is 41.0 Å². The van der Waals surface area contributed by atoms with Gasteiger partial charge in [0.2, 0.25) is 17.7 Å². The maximum Gasteiger partial charge on any atom is 0.264 e. The van der Waals surface area contributed by atoms with Gasteiger partial charge in [-0.3, -0.25) is 43.9 Å². The van der Waals surface area contributed by atoms with Crippen molar-refractivity contribution in [2.24, 2.45) is 0 Å². The molecule has 53 heavy (non-hydrogen) atoms.